The fraction of sp³-hybridized carbons (Fsp3) is 0.278. The van der Waals surface area contributed by atoms with Gasteiger partial charge in [-0.3, -0.25) is 10.1 Å². The third kappa shape index (κ3) is 5.63. The SMILES string of the molecule is C=C(Cc1cnc(NC(=O)OC(C)(C)C)nc1)C(=O)c1cccnc1Cl. The number of anilines is 1. The first kappa shape index (κ1) is 19.5. The van der Waals surface area contributed by atoms with Crippen LogP contribution in [0.5, 0.6) is 0 Å². The van der Waals surface area contributed by atoms with Crippen molar-refractivity contribution in [2.45, 2.75) is 32.8 Å². The van der Waals surface area contributed by atoms with E-state index in [0.29, 0.717) is 16.7 Å². The van der Waals surface area contributed by atoms with Crippen LogP contribution in [0.4, 0.5) is 10.7 Å². The topological polar surface area (TPSA) is 94.1 Å². The fourth-order valence-corrected chi connectivity index (χ4v) is 2.18. The molecule has 1 N–H and O–H groups in total. The summed E-state index contributed by atoms with van der Waals surface area (Å²) >= 11 is 5.93. The molecule has 0 fully saturated rings. The highest BCUT2D eigenvalue weighted by molar-refractivity contribution is 6.33. The number of pyridine rings is 1. The Kier molecular flexibility index (Phi) is 6.05. The van der Waals surface area contributed by atoms with Crippen molar-refractivity contribution in [1.82, 2.24) is 15.0 Å². The van der Waals surface area contributed by atoms with Gasteiger partial charge in [-0.2, -0.15) is 0 Å². The van der Waals surface area contributed by atoms with E-state index in [-0.39, 0.29) is 23.3 Å². The van der Waals surface area contributed by atoms with E-state index in [9.17, 15) is 9.59 Å². The summed E-state index contributed by atoms with van der Waals surface area (Å²) in [6.45, 7) is 9.07. The zero-order valence-corrected chi connectivity index (χ0v) is 15.5. The molecule has 7 nitrogen and oxygen atoms in total. The number of Topliss-reactive ketones (excluding diaryl/α,β-unsaturated/α-hetero) is 1. The molecule has 0 aliphatic heterocycles. The number of allylic oxidation sites excluding steroid dienone is 1. The molecule has 0 spiro atoms. The van der Waals surface area contributed by atoms with Crippen LogP contribution in [-0.2, 0) is 11.2 Å². The normalized spacial score (nSPS) is 10.9. The predicted molar refractivity (Wildman–Crippen MR) is 98.3 cm³/mol. The van der Waals surface area contributed by atoms with Gasteiger partial charge in [-0.05, 0) is 44.0 Å². The molecule has 1 amide bonds. The van der Waals surface area contributed by atoms with Crippen molar-refractivity contribution in [2.24, 2.45) is 0 Å². The number of hydrogen-bond acceptors (Lipinski definition) is 6. The first-order valence-electron chi connectivity index (χ1n) is 7.79. The highest BCUT2D eigenvalue weighted by Crippen LogP contribution is 2.18. The van der Waals surface area contributed by atoms with Gasteiger partial charge in [0.25, 0.3) is 0 Å². The number of aromatic nitrogens is 3. The average molecular weight is 375 g/mol. The molecule has 0 bridgehead atoms. The summed E-state index contributed by atoms with van der Waals surface area (Å²) in [5, 5.41) is 2.57. The first-order chi connectivity index (χ1) is 12.2. The van der Waals surface area contributed by atoms with E-state index in [1.54, 1.807) is 32.9 Å². The minimum atomic E-state index is -0.643. The number of rotatable bonds is 5. The van der Waals surface area contributed by atoms with Gasteiger partial charge in [0.2, 0.25) is 5.95 Å². The van der Waals surface area contributed by atoms with Crippen LogP contribution in [-0.4, -0.2) is 32.4 Å². The molecule has 2 rings (SSSR count). The van der Waals surface area contributed by atoms with Crippen molar-refractivity contribution in [3.8, 4) is 0 Å². The number of ether oxygens (including phenoxy) is 1. The lowest BCUT2D eigenvalue weighted by Crippen LogP contribution is -2.27. The summed E-state index contributed by atoms with van der Waals surface area (Å²) in [6.07, 6.45) is 4.12. The number of halogens is 1. The molecule has 0 atom stereocenters. The maximum Gasteiger partial charge on any atom is 0.414 e. The Morgan fingerprint density at radius 1 is 1.23 bits per heavy atom. The molecule has 26 heavy (non-hydrogen) atoms. The van der Waals surface area contributed by atoms with E-state index in [4.69, 9.17) is 16.3 Å². The largest absolute Gasteiger partial charge is 0.444 e. The quantitative estimate of drug-likeness (QED) is 0.485. The summed E-state index contributed by atoms with van der Waals surface area (Å²) in [7, 11) is 0. The molecule has 0 aliphatic carbocycles. The third-order valence-corrected chi connectivity index (χ3v) is 3.36. The van der Waals surface area contributed by atoms with Gasteiger partial charge >= 0.3 is 6.09 Å². The molecule has 0 aromatic carbocycles. The monoisotopic (exact) mass is 374 g/mol. The average Bonchev–Trinajstić information content (AvgIpc) is 2.54. The second kappa shape index (κ2) is 8.05. The molecule has 0 radical (unpaired) electrons. The van der Waals surface area contributed by atoms with Crippen LogP contribution >= 0.6 is 11.6 Å². The van der Waals surface area contributed by atoms with Crippen LogP contribution in [0.2, 0.25) is 5.15 Å². The van der Waals surface area contributed by atoms with E-state index in [1.165, 1.54) is 18.6 Å². The van der Waals surface area contributed by atoms with E-state index in [1.807, 2.05) is 0 Å². The highest BCUT2D eigenvalue weighted by atomic mass is 35.5. The molecule has 2 aromatic rings. The summed E-state index contributed by atoms with van der Waals surface area (Å²) in [4.78, 5) is 36.0. The molecule has 0 unspecified atom stereocenters. The minimum absolute atomic E-state index is 0.107. The van der Waals surface area contributed by atoms with E-state index >= 15 is 0 Å². The molecular weight excluding hydrogens is 356 g/mol. The molecular formula is C18H19ClN4O3. The smallest absolute Gasteiger partial charge is 0.414 e. The molecule has 2 aromatic heterocycles. The number of ketones is 1. The lowest BCUT2D eigenvalue weighted by atomic mass is 10.0. The van der Waals surface area contributed by atoms with Crippen molar-refractivity contribution in [1.29, 1.82) is 0 Å². The standard InChI is InChI=1S/C18H19ClN4O3/c1-11(14(24)13-6-5-7-20-15(13)19)8-12-9-21-16(22-10-12)23-17(25)26-18(2,3)4/h5-7,9-10H,1,8H2,2-4H3,(H,21,22,23,25). The van der Waals surface area contributed by atoms with Crippen molar-refractivity contribution < 1.29 is 14.3 Å². The Bertz CT molecular complexity index is 829. The van der Waals surface area contributed by atoms with Gasteiger partial charge in [0.1, 0.15) is 10.8 Å². The van der Waals surface area contributed by atoms with Gasteiger partial charge in [0, 0.05) is 25.0 Å². The number of hydrogen-bond donors (Lipinski definition) is 1. The van der Waals surface area contributed by atoms with Gasteiger partial charge in [0.15, 0.2) is 5.78 Å². The van der Waals surface area contributed by atoms with E-state index in [2.05, 4.69) is 26.8 Å². The van der Waals surface area contributed by atoms with Crippen LogP contribution in [0.3, 0.4) is 0 Å². The highest BCUT2D eigenvalue weighted by Gasteiger charge is 2.17. The van der Waals surface area contributed by atoms with Crippen LogP contribution in [0.15, 0.2) is 42.9 Å². The molecule has 2 heterocycles. The maximum absolute atomic E-state index is 12.4. The summed E-state index contributed by atoms with van der Waals surface area (Å²) in [5.74, 6) is -0.186. The molecule has 0 saturated heterocycles. The first-order valence-corrected chi connectivity index (χ1v) is 8.17. The number of nitrogens with zero attached hydrogens (tertiary/aromatic N) is 3. The molecule has 0 saturated carbocycles. The number of carbonyl (C=O) groups excluding carboxylic acids is 2. The molecule has 0 aliphatic rings. The van der Waals surface area contributed by atoms with Crippen LogP contribution in [0.25, 0.3) is 0 Å². The maximum atomic E-state index is 12.4. The van der Waals surface area contributed by atoms with Gasteiger partial charge in [-0.1, -0.05) is 18.2 Å². The Balaban J connectivity index is 1.98. The Morgan fingerprint density at radius 3 is 2.46 bits per heavy atom. The Morgan fingerprint density at radius 2 is 1.88 bits per heavy atom. The van der Waals surface area contributed by atoms with Crippen LogP contribution < -0.4 is 5.32 Å². The van der Waals surface area contributed by atoms with Crippen molar-refractivity contribution >= 4 is 29.4 Å². The zero-order chi connectivity index (χ0) is 19.3. The Labute approximate surface area is 156 Å². The van der Waals surface area contributed by atoms with Gasteiger partial charge < -0.3 is 4.74 Å². The van der Waals surface area contributed by atoms with E-state index in [0.717, 1.165) is 0 Å². The van der Waals surface area contributed by atoms with Gasteiger partial charge in [-0.15, -0.1) is 0 Å². The van der Waals surface area contributed by atoms with Crippen LogP contribution in [0.1, 0.15) is 36.7 Å². The predicted octanol–water partition coefficient (Wildman–Crippen LogP) is 3.85. The molecule has 8 heteroatoms. The van der Waals surface area contributed by atoms with Gasteiger partial charge in [0.05, 0.1) is 5.56 Å². The van der Waals surface area contributed by atoms with Gasteiger partial charge in [-0.25, -0.2) is 19.7 Å². The molecule has 136 valence electrons. The minimum Gasteiger partial charge on any atom is -0.444 e. The summed E-state index contributed by atoms with van der Waals surface area (Å²) < 4.78 is 5.12. The second-order valence-electron chi connectivity index (χ2n) is 6.49. The third-order valence-electron chi connectivity index (χ3n) is 3.06. The summed E-state index contributed by atoms with van der Waals surface area (Å²) in [6, 6.07) is 3.22. The van der Waals surface area contributed by atoms with E-state index < -0.39 is 11.7 Å². The number of carbonyl (C=O) groups is 2. The lowest BCUT2D eigenvalue weighted by molar-refractivity contribution is 0.0634. The van der Waals surface area contributed by atoms with Crippen molar-refractivity contribution in [2.75, 3.05) is 5.32 Å². The Hall–Kier alpha value is -2.80. The number of nitrogens with one attached hydrogen (secondary N) is 1. The van der Waals surface area contributed by atoms with Crippen molar-refractivity contribution in [3.05, 3.63) is 59.2 Å². The fourth-order valence-electron chi connectivity index (χ4n) is 1.98. The zero-order valence-electron chi connectivity index (χ0n) is 14.7. The van der Waals surface area contributed by atoms with Crippen molar-refractivity contribution in [3.63, 3.8) is 0 Å². The second-order valence-corrected chi connectivity index (χ2v) is 6.85. The number of amides is 1. The summed E-state index contributed by atoms with van der Waals surface area (Å²) in [5.41, 5.74) is 0.674. The lowest BCUT2D eigenvalue weighted by Gasteiger charge is -2.19. The van der Waals surface area contributed by atoms with Crippen LogP contribution in [0, 0.1) is 0 Å².